The number of aromatic nitrogens is 1. The van der Waals surface area contributed by atoms with Crippen LogP contribution in [0.3, 0.4) is 0 Å². The first-order chi connectivity index (χ1) is 12.9. The third kappa shape index (κ3) is 4.57. The topological polar surface area (TPSA) is 106 Å². The van der Waals surface area contributed by atoms with E-state index < -0.39 is 18.5 Å². The molecule has 2 aromatic rings. The van der Waals surface area contributed by atoms with Crippen LogP contribution in [0.2, 0.25) is 0 Å². The highest BCUT2D eigenvalue weighted by Gasteiger charge is 2.20. The van der Waals surface area contributed by atoms with Crippen molar-refractivity contribution in [1.29, 1.82) is 5.26 Å². The molecule has 144 valence electrons. The van der Waals surface area contributed by atoms with Crippen molar-refractivity contribution in [2.24, 2.45) is 0 Å². The highest BCUT2D eigenvalue weighted by atomic mass is 16.5. The van der Waals surface area contributed by atoms with Crippen molar-refractivity contribution in [3.63, 3.8) is 0 Å². The molecule has 27 heavy (non-hydrogen) atoms. The molecular weight excluding hydrogens is 350 g/mol. The van der Waals surface area contributed by atoms with Gasteiger partial charge in [0.1, 0.15) is 23.2 Å². The molecule has 0 aromatic carbocycles. The molecule has 2 heterocycles. The molecule has 1 N–H and O–H groups in total. The van der Waals surface area contributed by atoms with Gasteiger partial charge in [0.15, 0.2) is 6.61 Å². The van der Waals surface area contributed by atoms with Crippen LogP contribution in [0.1, 0.15) is 39.4 Å². The molecule has 8 heteroatoms. The van der Waals surface area contributed by atoms with Crippen LogP contribution < -0.4 is 5.32 Å². The number of carbonyl (C=O) groups excluding carboxylic acids is 2. The average molecular weight is 373 g/mol. The largest absolute Gasteiger partial charge is 0.469 e. The number of ether oxygens (including phenoxy) is 2. The van der Waals surface area contributed by atoms with Crippen LogP contribution in [0.15, 0.2) is 16.7 Å². The third-order valence-corrected chi connectivity index (χ3v) is 4.34. The molecular formula is C19H23N3O5. The fourth-order valence-corrected chi connectivity index (χ4v) is 2.75. The Bertz CT molecular complexity index is 873. The van der Waals surface area contributed by atoms with Crippen molar-refractivity contribution in [3.8, 4) is 6.07 Å². The maximum Gasteiger partial charge on any atom is 0.342 e. The number of furan rings is 1. The van der Waals surface area contributed by atoms with Gasteiger partial charge in [-0.05, 0) is 38.8 Å². The summed E-state index contributed by atoms with van der Waals surface area (Å²) in [5, 5.41) is 12.2. The molecule has 0 unspecified atom stereocenters. The van der Waals surface area contributed by atoms with Crippen LogP contribution in [-0.2, 0) is 20.8 Å². The van der Waals surface area contributed by atoms with Crippen LogP contribution in [0.4, 0.5) is 5.82 Å². The number of nitriles is 1. The predicted octanol–water partition coefficient (Wildman–Crippen LogP) is 2.71. The molecule has 0 aliphatic carbocycles. The second-order valence-electron chi connectivity index (χ2n) is 6.06. The highest BCUT2D eigenvalue weighted by Crippen LogP contribution is 2.26. The average Bonchev–Trinajstić information content (AvgIpc) is 3.16. The minimum atomic E-state index is -0.639. The summed E-state index contributed by atoms with van der Waals surface area (Å²) in [6, 6.07) is 3.61. The van der Waals surface area contributed by atoms with Gasteiger partial charge < -0.3 is 23.8 Å². The van der Waals surface area contributed by atoms with E-state index in [1.807, 2.05) is 18.4 Å². The number of anilines is 1. The highest BCUT2D eigenvalue weighted by molar-refractivity contribution is 5.96. The van der Waals surface area contributed by atoms with E-state index in [4.69, 9.17) is 13.9 Å². The molecule has 0 radical (unpaired) electrons. The number of methoxy groups -OCH3 is 1. The number of carbonyl (C=O) groups is 2. The summed E-state index contributed by atoms with van der Waals surface area (Å²) >= 11 is 0. The van der Waals surface area contributed by atoms with Gasteiger partial charge in [0, 0.05) is 26.0 Å². The van der Waals surface area contributed by atoms with Crippen molar-refractivity contribution >= 4 is 17.7 Å². The van der Waals surface area contributed by atoms with Crippen molar-refractivity contribution in [2.45, 2.75) is 33.7 Å². The number of esters is 1. The quantitative estimate of drug-likeness (QED) is 0.563. The molecule has 0 fully saturated rings. The van der Waals surface area contributed by atoms with E-state index in [0.29, 0.717) is 30.3 Å². The van der Waals surface area contributed by atoms with Crippen molar-refractivity contribution in [1.82, 2.24) is 4.57 Å². The molecule has 0 aliphatic heterocycles. The molecule has 0 saturated carbocycles. The van der Waals surface area contributed by atoms with E-state index in [2.05, 4.69) is 11.4 Å². The summed E-state index contributed by atoms with van der Waals surface area (Å²) in [5.41, 5.74) is 2.37. The molecule has 0 bridgehead atoms. The van der Waals surface area contributed by atoms with Crippen LogP contribution in [0, 0.1) is 32.1 Å². The Labute approximate surface area is 157 Å². The summed E-state index contributed by atoms with van der Waals surface area (Å²) in [4.78, 5) is 24.3. The lowest BCUT2D eigenvalue weighted by Gasteiger charge is -2.13. The summed E-state index contributed by atoms with van der Waals surface area (Å²) in [5.74, 6) is -0.333. The van der Waals surface area contributed by atoms with Gasteiger partial charge in [-0.1, -0.05) is 0 Å². The van der Waals surface area contributed by atoms with Gasteiger partial charge in [-0.2, -0.15) is 5.26 Å². The zero-order valence-corrected chi connectivity index (χ0v) is 15.9. The summed E-state index contributed by atoms with van der Waals surface area (Å²) < 4.78 is 17.0. The van der Waals surface area contributed by atoms with E-state index in [1.165, 1.54) is 12.3 Å². The second-order valence-corrected chi connectivity index (χ2v) is 6.06. The fraction of sp³-hybridized carbons (Fsp3) is 0.421. The SMILES string of the molecule is COCCCn1c(C)c(C)c(C#N)c1NC(=O)COC(=O)c1ccoc1C. The Morgan fingerprint density at radius 1 is 1.33 bits per heavy atom. The van der Waals surface area contributed by atoms with E-state index in [1.54, 1.807) is 14.0 Å². The number of rotatable bonds is 8. The minimum Gasteiger partial charge on any atom is -0.469 e. The lowest BCUT2D eigenvalue weighted by molar-refractivity contribution is -0.119. The second kappa shape index (κ2) is 9.05. The van der Waals surface area contributed by atoms with E-state index in [0.717, 1.165) is 17.7 Å². The van der Waals surface area contributed by atoms with Gasteiger partial charge in [0.25, 0.3) is 5.91 Å². The monoisotopic (exact) mass is 373 g/mol. The number of nitrogens with one attached hydrogen (secondary N) is 1. The summed E-state index contributed by atoms with van der Waals surface area (Å²) in [6.07, 6.45) is 2.11. The molecule has 0 aliphatic rings. The summed E-state index contributed by atoms with van der Waals surface area (Å²) in [7, 11) is 1.62. The van der Waals surface area contributed by atoms with Gasteiger partial charge in [0.2, 0.25) is 0 Å². The van der Waals surface area contributed by atoms with Crippen LogP contribution in [0.5, 0.6) is 0 Å². The Hall–Kier alpha value is -3.05. The maximum absolute atomic E-state index is 12.3. The number of hydrogen-bond acceptors (Lipinski definition) is 6. The zero-order valence-electron chi connectivity index (χ0n) is 15.9. The van der Waals surface area contributed by atoms with Crippen molar-refractivity contribution in [2.75, 3.05) is 25.6 Å². The molecule has 1 amide bonds. The lowest BCUT2D eigenvalue weighted by Crippen LogP contribution is -2.23. The Morgan fingerprint density at radius 2 is 2.07 bits per heavy atom. The standard InChI is InChI=1S/C19H23N3O5/c1-12-13(2)22(7-5-8-25-4)18(16(12)10-20)21-17(23)11-27-19(24)15-6-9-26-14(15)3/h6,9H,5,7-8,11H2,1-4H3,(H,21,23). The normalized spacial score (nSPS) is 10.5. The number of aryl methyl sites for hydroxylation is 1. The van der Waals surface area contributed by atoms with Gasteiger partial charge in [-0.25, -0.2) is 4.79 Å². The number of nitrogens with zero attached hydrogens (tertiary/aromatic N) is 2. The van der Waals surface area contributed by atoms with Crippen LogP contribution >= 0.6 is 0 Å². The third-order valence-electron chi connectivity index (χ3n) is 4.34. The first-order valence-electron chi connectivity index (χ1n) is 8.50. The molecule has 2 aromatic heterocycles. The van der Waals surface area contributed by atoms with E-state index in [9.17, 15) is 14.9 Å². The molecule has 0 saturated heterocycles. The predicted molar refractivity (Wildman–Crippen MR) is 97.5 cm³/mol. The Morgan fingerprint density at radius 3 is 2.67 bits per heavy atom. The van der Waals surface area contributed by atoms with Crippen molar-refractivity contribution < 1.29 is 23.5 Å². The number of hydrogen-bond donors (Lipinski definition) is 1. The number of amides is 1. The van der Waals surface area contributed by atoms with Gasteiger partial charge in [-0.15, -0.1) is 0 Å². The fourth-order valence-electron chi connectivity index (χ4n) is 2.75. The minimum absolute atomic E-state index is 0.273. The van der Waals surface area contributed by atoms with E-state index >= 15 is 0 Å². The van der Waals surface area contributed by atoms with Gasteiger partial charge >= 0.3 is 5.97 Å². The molecule has 0 atom stereocenters. The van der Waals surface area contributed by atoms with Crippen LogP contribution in [-0.4, -0.2) is 36.8 Å². The van der Waals surface area contributed by atoms with Crippen molar-refractivity contribution in [3.05, 3.63) is 40.5 Å². The molecule has 8 nitrogen and oxygen atoms in total. The first-order valence-corrected chi connectivity index (χ1v) is 8.50. The van der Waals surface area contributed by atoms with Gasteiger partial charge in [-0.3, -0.25) is 4.79 Å². The van der Waals surface area contributed by atoms with E-state index in [-0.39, 0.29) is 5.56 Å². The van der Waals surface area contributed by atoms with Crippen LogP contribution in [0.25, 0.3) is 0 Å². The maximum atomic E-state index is 12.3. The smallest absolute Gasteiger partial charge is 0.342 e. The lowest BCUT2D eigenvalue weighted by atomic mass is 10.2. The summed E-state index contributed by atoms with van der Waals surface area (Å²) in [6.45, 7) is 6.04. The molecule has 0 spiro atoms. The Balaban J connectivity index is 2.09. The Kier molecular flexibility index (Phi) is 6.79. The first kappa shape index (κ1) is 20.3. The van der Waals surface area contributed by atoms with Gasteiger partial charge in [0.05, 0.1) is 11.8 Å². The molecule has 2 rings (SSSR count). The zero-order chi connectivity index (χ0) is 20.0.